The van der Waals surface area contributed by atoms with Gasteiger partial charge in [-0.05, 0) is 37.3 Å². The number of carbonyl (C=O) groups excluding carboxylic acids is 1. The van der Waals surface area contributed by atoms with E-state index in [4.69, 9.17) is 25.5 Å². The third-order valence-corrected chi connectivity index (χ3v) is 6.30. The van der Waals surface area contributed by atoms with E-state index in [0.29, 0.717) is 47.0 Å². The molecule has 156 valence electrons. The summed E-state index contributed by atoms with van der Waals surface area (Å²) in [6, 6.07) is 12.3. The van der Waals surface area contributed by atoms with Gasteiger partial charge < -0.3 is 19.2 Å². The molecule has 2 unspecified atom stereocenters. The van der Waals surface area contributed by atoms with Crippen molar-refractivity contribution < 1.29 is 22.9 Å². The first-order valence-electron chi connectivity index (χ1n) is 9.27. The smallest absolute Gasteiger partial charge is 0.239 e. The largest absolute Gasteiger partial charge is 0.486 e. The summed E-state index contributed by atoms with van der Waals surface area (Å²) >= 11 is 5.99. The molecule has 0 radical (unpaired) electrons. The fraction of sp³-hybridized carbons (Fsp3) is 0.238. The van der Waals surface area contributed by atoms with Crippen molar-refractivity contribution >= 4 is 34.0 Å². The van der Waals surface area contributed by atoms with Gasteiger partial charge in [0.25, 0.3) is 0 Å². The molecule has 1 N–H and O–H groups in total. The maximum absolute atomic E-state index is 12.7. The standard InChI is InChI=1S/C21H19ClN2O5S/c1-13(20(25)23-16-5-6-18-19(10-16)28-8-7-27-18)30(26)12-17-11-29-21(24-17)14-3-2-4-15(22)9-14/h2-6,9-11,13H,7-8,12H2,1H3,(H,23,25). The van der Waals surface area contributed by atoms with Crippen LogP contribution < -0.4 is 14.8 Å². The first kappa shape index (κ1) is 20.4. The third-order valence-electron chi connectivity index (χ3n) is 4.49. The number of amides is 1. The van der Waals surface area contributed by atoms with E-state index < -0.39 is 16.0 Å². The summed E-state index contributed by atoms with van der Waals surface area (Å²) < 4.78 is 29.1. The van der Waals surface area contributed by atoms with Gasteiger partial charge in [-0.3, -0.25) is 9.00 Å². The van der Waals surface area contributed by atoms with Crippen LogP contribution >= 0.6 is 11.6 Å². The highest BCUT2D eigenvalue weighted by Crippen LogP contribution is 2.32. The van der Waals surface area contributed by atoms with Crippen molar-refractivity contribution in [2.24, 2.45) is 0 Å². The summed E-state index contributed by atoms with van der Waals surface area (Å²) in [6.07, 6.45) is 1.44. The molecule has 2 atom stereocenters. The van der Waals surface area contributed by atoms with Gasteiger partial charge in [0.1, 0.15) is 24.7 Å². The molecule has 0 spiro atoms. The van der Waals surface area contributed by atoms with Crippen molar-refractivity contribution in [3.8, 4) is 23.0 Å². The van der Waals surface area contributed by atoms with Gasteiger partial charge >= 0.3 is 0 Å². The van der Waals surface area contributed by atoms with Crippen LogP contribution in [0.3, 0.4) is 0 Å². The summed E-state index contributed by atoms with van der Waals surface area (Å²) in [4.78, 5) is 16.9. The zero-order valence-corrected chi connectivity index (χ0v) is 17.7. The Labute approximate surface area is 180 Å². The number of hydrogen-bond acceptors (Lipinski definition) is 6. The first-order chi connectivity index (χ1) is 14.5. The highest BCUT2D eigenvalue weighted by molar-refractivity contribution is 7.85. The van der Waals surface area contributed by atoms with Crippen LogP contribution in [-0.4, -0.2) is 33.6 Å². The van der Waals surface area contributed by atoms with E-state index in [9.17, 15) is 9.00 Å². The molecular formula is C21H19ClN2O5S. The molecule has 30 heavy (non-hydrogen) atoms. The van der Waals surface area contributed by atoms with Crippen molar-refractivity contribution in [1.29, 1.82) is 0 Å². The lowest BCUT2D eigenvalue weighted by atomic mass is 10.2. The van der Waals surface area contributed by atoms with Crippen LogP contribution in [0, 0.1) is 0 Å². The Morgan fingerprint density at radius 3 is 2.80 bits per heavy atom. The lowest BCUT2D eigenvalue weighted by Gasteiger charge is -2.19. The van der Waals surface area contributed by atoms with Crippen LogP contribution in [0.25, 0.3) is 11.5 Å². The number of nitrogens with one attached hydrogen (secondary N) is 1. The van der Waals surface area contributed by atoms with Crippen LogP contribution in [0.1, 0.15) is 12.6 Å². The Balaban J connectivity index is 1.38. The molecule has 7 nitrogen and oxygen atoms in total. The Bertz CT molecular complexity index is 1100. The third kappa shape index (κ3) is 4.66. The van der Waals surface area contributed by atoms with Crippen LogP contribution in [0.4, 0.5) is 5.69 Å². The highest BCUT2D eigenvalue weighted by atomic mass is 35.5. The van der Waals surface area contributed by atoms with E-state index in [0.717, 1.165) is 5.56 Å². The number of oxazole rings is 1. The molecule has 1 aliphatic rings. The quantitative estimate of drug-likeness (QED) is 0.614. The second kappa shape index (κ2) is 8.89. The number of carbonyl (C=O) groups is 1. The van der Waals surface area contributed by atoms with Crippen molar-refractivity contribution in [2.75, 3.05) is 18.5 Å². The Morgan fingerprint density at radius 1 is 1.20 bits per heavy atom. The average Bonchev–Trinajstić information content (AvgIpc) is 3.21. The molecule has 1 aliphatic heterocycles. The lowest BCUT2D eigenvalue weighted by Crippen LogP contribution is -2.29. The number of hydrogen-bond donors (Lipinski definition) is 1. The SMILES string of the molecule is CC(C(=O)Nc1ccc2c(c1)OCCO2)S(=O)Cc1coc(-c2cccc(Cl)c2)n1. The van der Waals surface area contributed by atoms with E-state index in [1.165, 1.54) is 6.26 Å². The number of fused-ring (bicyclic) bond motifs is 1. The van der Waals surface area contributed by atoms with Gasteiger partial charge in [-0.15, -0.1) is 0 Å². The normalized spacial score (nSPS) is 14.7. The minimum absolute atomic E-state index is 0.0970. The fourth-order valence-corrected chi connectivity index (χ4v) is 4.04. The van der Waals surface area contributed by atoms with Crippen LogP contribution in [0.2, 0.25) is 5.02 Å². The number of rotatable bonds is 6. The van der Waals surface area contributed by atoms with Gasteiger partial charge in [0.2, 0.25) is 11.8 Å². The zero-order valence-electron chi connectivity index (χ0n) is 16.1. The van der Waals surface area contributed by atoms with Gasteiger partial charge in [-0.25, -0.2) is 4.98 Å². The van der Waals surface area contributed by atoms with Crippen molar-refractivity contribution in [3.05, 3.63) is 59.4 Å². The van der Waals surface area contributed by atoms with Gasteiger partial charge in [-0.2, -0.15) is 0 Å². The van der Waals surface area contributed by atoms with Crippen LogP contribution in [0.5, 0.6) is 11.5 Å². The highest BCUT2D eigenvalue weighted by Gasteiger charge is 2.22. The maximum Gasteiger partial charge on any atom is 0.239 e. The van der Waals surface area contributed by atoms with Gasteiger partial charge in [0, 0.05) is 33.1 Å². The molecule has 1 aromatic heterocycles. The summed E-state index contributed by atoms with van der Waals surface area (Å²) in [5.41, 5.74) is 1.78. The molecule has 9 heteroatoms. The topological polar surface area (TPSA) is 90.7 Å². The van der Waals surface area contributed by atoms with E-state index in [-0.39, 0.29) is 11.7 Å². The van der Waals surface area contributed by atoms with Gasteiger partial charge in [0.15, 0.2) is 11.5 Å². The first-order valence-corrected chi connectivity index (χ1v) is 11.0. The molecule has 2 heterocycles. The molecule has 0 aliphatic carbocycles. The number of benzene rings is 2. The molecule has 3 aromatic rings. The Hall–Kier alpha value is -2.84. The molecule has 0 fully saturated rings. The predicted octanol–water partition coefficient (Wildman–Crippen LogP) is 4.04. The molecule has 0 saturated carbocycles. The number of halogens is 1. The second-order valence-corrected chi connectivity index (χ2v) is 8.86. The lowest BCUT2D eigenvalue weighted by molar-refractivity contribution is -0.115. The minimum Gasteiger partial charge on any atom is -0.486 e. The van der Waals surface area contributed by atoms with Gasteiger partial charge in [-0.1, -0.05) is 17.7 Å². The van der Waals surface area contributed by atoms with E-state index >= 15 is 0 Å². The predicted molar refractivity (Wildman–Crippen MR) is 114 cm³/mol. The summed E-state index contributed by atoms with van der Waals surface area (Å²) in [5.74, 6) is 1.34. The number of ether oxygens (including phenoxy) is 2. The number of anilines is 1. The molecule has 2 aromatic carbocycles. The molecule has 0 saturated heterocycles. The summed E-state index contributed by atoms with van der Waals surface area (Å²) in [6.45, 7) is 2.57. The minimum atomic E-state index is -1.49. The average molecular weight is 447 g/mol. The Morgan fingerprint density at radius 2 is 2.00 bits per heavy atom. The fourth-order valence-electron chi connectivity index (χ4n) is 2.88. The van der Waals surface area contributed by atoms with E-state index in [1.54, 1.807) is 43.3 Å². The molecule has 4 rings (SSSR count). The number of nitrogens with zero attached hydrogens (tertiary/aromatic N) is 1. The zero-order chi connectivity index (χ0) is 21.1. The molecule has 1 amide bonds. The van der Waals surface area contributed by atoms with Crippen molar-refractivity contribution in [1.82, 2.24) is 4.98 Å². The van der Waals surface area contributed by atoms with Crippen molar-refractivity contribution in [2.45, 2.75) is 17.9 Å². The molecule has 0 bridgehead atoms. The Kier molecular flexibility index (Phi) is 6.06. The van der Waals surface area contributed by atoms with E-state index in [2.05, 4.69) is 10.3 Å². The molecular weight excluding hydrogens is 428 g/mol. The van der Waals surface area contributed by atoms with Crippen LogP contribution in [0.15, 0.2) is 53.1 Å². The monoisotopic (exact) mass is 446 g/mol. The number of aromatic nitrogens is 1. The van der Waals surface area contributed by atoms with Crippen LogP contribution in [-0.2, 0) is 21.3 Å². The maximum atomic E-state index is 12.7. The summed E-state index contributed by atoms with van der Waals surface area (Å²) in [5, 5.41) is 2.59. The van der Waals surface area contributed by atoms with Gasteiger partial charge in [0.05, 0.1) is 11.4 Å². The van der Waals surface area contributed by atoms with E-state index in [1.807, 2.05) is 6.07 Å². The second-order valence-electron chi connectivity index (χ2n) is 6.67. The summed E-state index contributed by atoms with van der Waals surface area (Å²) in [7, 11) is -1.49. The van der Waals surface area contributed by atoms with Crippen molar-refractivity contribution in [3.63, 3.8) is 0 Å².